The molecule has 0 fully saturated rings. The molecule has 0 amide bonds. The van der Waals surface area contributed by atoms with E-state index in [1.165, 1.54) is 0 Å². The number of hydrogen-bond acceptors (Lipinski definition) is 4. The Labute approximate surface area is 115 Å². The minimum Gasteiger partial charge on any atom is -0.494 e. The summed E-state index contributed by atoms with van der Waals surface area (Å²) >= 11 is 0. The second kappa shape index (κ2) is 6.77. The smallest absolute Gasteiger partial charge is 0.232 e. The number of ether oxygens (including phenoxy) is 1. The Bertz CT molecular complexity index is 513. The van der Waals surface area contributed by atoms with Gasteiger partial charge in [-0.3, -0.25) is 4.72 Å². The zero-order chi connectivity index (χ0) is 14.5. The third kappa shape index (κ3) is 5.08. The van der Waals surface area contributed by atoms with Crippen molar-refractivity contribution in [3.63, 3.8) is 0 Å². The van der Waals surface area contributed by atoms with Crippen LogP contribution in [0.1, 0.15) is 26.3 Å². The predicted octanol–water partition coefficient (Wildman–Crippen LogP) is 1.94. The molecule has 1 aromatic carbocycles. The van der Waals surface area contributed by atoms with Crippen molar-refractivity contribution in [2.24, 2.45) is 11.7 Å². The van der Waals surface area contributed by atoms with Crippen LogP contribution in [0.5, 0.6) is 5.75 Å². The Kier molecular flexibility index (Phi) is 5.62. The number of sulfonamides is 1. The van der Waals surface area contributed by atoms with E-state index in [1.54, 1.807) is 18.2 Å². The molecule has 6 heteroatoms. The molecule has 0 spiro atoms. The number of nitrogens with one attached hydrogen (secondary N) is 1. The summed E-state index contributed by atoms with van der Waals surface area (Å²) < 4.78 is 31.7. The number of benzene rings is 1. The summed E-state index contributed by atoms with van der Waals surface area (Å²) in [5, 5.41) is 0. The summed E-state index contributed by atoms with van der Waals surface area (Å²) in [6.45, 7) is 6.46. The van der Waals surface area contributed by atoms with Crippen molar-refractivity contribution < 1.29 is 13.2 Å². The van der Waals surface area contributed by atoms with E-state index in [1.807, 2.05) is 20.8 Å². The summed E-state index contributed by atoms with van der Waals surface area (Å²) in [4.78, 5) is 0. The highest BCUT2D eigenvalue weighted by Crippen LogP contribution is 2.23. The van der Waals surface area contributed by atoms with Crippen LogP contribution in [0.15, 0.2) is 18.2 Å². The lowest BCUT2D eigenvalue weighted by Gasteiger charge is -2.13. The summed E-state index contributed by atoms with van der Waals surface area (Å²) in [5.74, 6) is 0.865. The monoisotopic (exact) mass is 286 g/mol. The SMILES string of the molecule is CCOc1ccc(NS(=O)(=O)CC(C)C)cc1CN. The molecule has 0 aliphatic rings. The minimum absolute atomic E-state index is 0.0779. The van der Waals surface area contributed by atoms with Crippen molar-refractivity contribution in [3.8, 4) is 5.75 Å². The van der Waals surface area contributed by atoms with Crippen molar-refractivity contribution in [2.45, 2.75) is 27.3 Å². The van der Waals surface area contributed by atoms with Crippen molar-refractivity contribution in [2.75, 3.05) is 17.1 Å². The van der Waals surface area contributed by atoms with Gasteiger partial charge in [-0.05, 0) is 31.0 Å². The summed E-state index contributed by atoms with van der Waals surface area (Å²) in [6.07, 6.45) is 0. The van der Waals surface area contributed by atoms with E-state index in [0.29, 0.717) is 24.6 Å². The maximum Gasteiger partial charge on any atom is 0.232 e. The van der Waals surface area contributed by atoms with E-state index in [-0.39, 0.29) is 11.7 Å². The molecule has 0 radical (unpaired) electrons. The van der Waals surface area contributed by atoms with Gasteiger partial charge in [0.15, 0.2) is 0 Å². The van der Waals surface area contributed by atoms with Crippen LogP contribution in [0.4, 0.5) is 5.69 Å². The Morgan fingerprint density at radius 1 is 1.37 bits per heavy atom. The average Bonchev–Trinajstić information content (AvgIpc) is 2.29. The first-order valence-corrected chi connectivity index (χ1v) is 7.99. The fraction of sp³-hybridized carbons (Fsp3) is 0.538. The van der Waals surface area contributed by atoms with Crippen LogP contribution < -0.4 is 15.2 Å². The third-order valence-corrected chi connectivity index (χ3v) is 4.06. The number of hydrogen-bond donors (Lipinski definition) is 2. The van der Waals surface area contributed by atoms with Gasteiger partial charge < -0.3 is 10.5 Å². The van der Waals surface area contributed by atoms with E-state index >= 15 is 0 Å². The van der Waals surface area contributed by atoms with Gasteiger partial charge in [0.2, 0.25) is 10.0 Å². The summed E-state index contributed by atoms with van der Waals surface area (Å²) in [7, 11) is -3.32. The lowest BCUT2D eigenvalue weighted by molar-refractivity contribution is 0.336. The summed E-state index contributed by atoms with van der Waals surface area (Å²) in [6, 6.07) is 5.13. The van der Waals surface area contributed by atoms with E-state index in [4.69, 9.17) is 10.5 Å². The van der Waals surface area contributed by atoms with E-state index < -0.39 is 10.0 Å². The second-order valence-corrected chi connectivity index (χ2v) is 6.50. The van der Waals surface area contributed by atoms with Gasteiger partial charge in [0.25, 0.3) is 0 Å². The predicted molar refractivity (Wildman–Crippen MR) is 77.7 cm³/mol. The number of nitrogens with two attached hydrogens (primary N) is 1. The fourth-order valence-corrected chi connectivity index (χ4v) is 3.21. The van der Waals surface area contributed by atoms with E-state index in [9.17, 15) is 8.42 Å². The normalized spacial score (nSPS) is 11.6. The molecular weight excluding hydrogens is 264 g/mol. The molecule has 0 bridgehead atoms. The molecule has 0 atom stereocenters. The first kappa shape index (κ1) is 15.8. The maximum absolute atomic E-state index is 11.8. The van der Waals surface area contributed by atoms with Crippen LogP contribution in [-0.2, 0) is 16.6 Å². The molecule has 0 aromatic heterocycles. The molecule has 5 nitrogen and oxygen atoms in total. The Balaban J connectivity index is 2.91. The molecule has 1 rings (SSSR count). The topological polar surface area (TPSA) is 81.4 Å². The van der Waals surface area contributed by atoms with E-state index in [0.717, 1.165) is 5.56 Å². The van der Waals surface area contributed by atoms with Crippen LogP contribution >= 0.6 is 0 Å². The van der Waals surface area contributed by atoms with Gasteiger partial charge in [0.1, 0.15) is 5.75 Å². The lowest BCUT2D eigenvalue weighted by atomic mass is 10.2. The van der Waals surface area contributed by atoms with Crippen molar-refractivity contribution >= 4 is 15.7 Å². The highest BCUT2D eigenvalue weighted by Gasteiger charge is 2.13. The zero-order valence-corrected chi connectivity index (χ0v) is 12.5. The summed E-state index contributed by atoms with van der Waals surface area (Å²) in [5.41, 5.74) is 6.94. The fourth-order valence-electron chi connectivity index (χ4n) is 1.76. The Morgan fingerprint density at radius 3 is 2.58 bits per heavy atom. The molecule has 0 saturated carbocycles. The molecule has 108 valence electrons. The van der Waals surface area contributed by atoms with Gasteiger partial charge in [-0.2, -0.15) is 0 Å². The van der Waals surface area contributed by atoms with Crippen LogP contribution in [0.2, 0.25) is 0 Å². The van der Waals surface area contributed by atoms with Crippen LogP contribution in [0, 0.1) is 5.92 Å². The molecule has 1 aromatic rings. The Hall–Kier alpha value is -1.27. The van der Waals surface area contributed by atoms with Crippen LogP contribution in [-0.4, -0.2) is 20.8 Å². The molecule has 3 N–H and O–H groups in total. The van der Waals surface area contributed by atoms with Crippen LogP contribution in [0.3, 0.4) is 0 Å². The highest BCUT2D eigenvalue weighted by atomic mass is 32.2. The quantitative estimate of drug-likeness (QED) is 0.802. The molecule has 0 saturated heterocycles. The van der Waals surface area contributed by atoms with Crippen molar-refractivity contribution in [3.05, 3.63) is 23.8 Å². The highest BCUT2D eigenvalue weighted by molar-refractivity contribution is 7.92. The number of rotatable bonds is 7. The molecule has 0 aliphatic heterocycles. The molecule has 0 aliphatic carbocycles. The van der Waals surface area contributed by atoms with Crippen molar-refractivity contribution in [1.29, 1.82) is 0 Å². The molecule has 0 unspecified atom stereocenters. The Morgan fingerprint density at radius 2 is 2.05 bits per heavy atom. The molecule has 0 heterocycles. The first-order valence-electron chi connectivity index (χ1n) is 6.34. The largest absolute Gasteiger partial charge is 0.494 e. The van der Waals surface area contributed by atoms with Gasteiger partial charge in [-0.25, -0.2) is 8.42 Å². The maximum atomic E-state index is 11.8. The molecule has 19 heavy (non-hydrogen) atoms. The van der Waals surface area contributed by atoms with Gasteiger partial charge in [-0.1, -0.05) is 13.8 Å². The molecular formula is C13H22N2O3S. The minimum atomic E-state index is -3.32. The second-order valence-electron chi connectivity index (χ2n) is 4.74. The average molecular weight is 286 g/mol. The lowest BCUT2D eigenvalue weighted by Crippen LogP contribution is -2.20. The standard InChI is InChI=1S/C13H22N2O3S/c1-4-18-13-6-5-12(7-11(13)8-14)15-19(16,17)9-10(2)3/h5-7,10,15H,4,8-9,14H2,1-3H3. The van der Waals surface area contributed by atoms with E-state index in [2.05, 4.69) is 4.72 Å². The van der Waals surface area contributed by atoms with Gasteiger partial charge in [0.05, 0.1) is 12.4 Å². The van der Waals surface area contributed by atoms with Gasteiger partial charge >= 0.3 is 0 Å². The number of anilines is 1. The van der Waals surface area contributed by atoms with Crippen molar-refractivity contribution in [1.82, 2.24) is 0 Å². The van der Waals surface area contributed by atoms with Gasteiger partial charge in [-0.15, -0.1) is 0 Å². The van der Waals surface area contributed by atoms with Crippen LogP contribution in [0.25, 0.3) is 0 Å². The third-order valence-electron chi connectivity index (χ3n) is 2.41. The zero-order valence-electron chi connectivity index (χ0n) is 11.6. The van der Waals surface area contributed by atoms with Gasteiger partial charge in [0, 0.05) is 17.8 Å². The first-order chi connectivity index (χ1) is 8.88.